The maximum Gasteiger partial charge on any atom is 0.184 e. The molecule has 0 unspecified atom stereocenters. The summed E-state index contributed by atoms with van der Waals surface area (Å²) in [5, 5.41) is 4.04. The van der Waals surface area contributed by atoms with Crippen molar-refractivity contribution in [2.45, 2.75) is 6.61 Å². The van der Waals surface area contributed by atoms with Crippen LogP contribution in [0.4, 0.5) is 0 Å². The van der Waals surface area contributed by atoms with E-state index in [2.05, 4.69) is 38.7 Å². The third kappa shape index (κ3) is 5.54. The van der Waals surface area contributed by atoms with Crippen LogP contribution in [0.5, 0.6) is 11.5 Å². The van der Waals surface area contributed by atoms with Crippen LogP contribution < -0.4 is 20.6 Å². The Hall–Kier alpha value is -2.12. The zero-order chi connectivity index (χ0) is 16.7. The summed E-state index contributed by atoms with van der Waals surface area (Å²) >= 11 is 8.09. The maximum atomic E-state index is 5.85. The van der Waals surface area contributed by atoms with Gasteiger partial charge in [0.15, 0.2) is 16.6 Å². The van der Waals surface area contributed by atoms with Gasteiger partial charge in [0, 0.05) is 4.47 Å². The number of ether oxygens (including phenoxy) is 2. The number of hydrogen-bond donors (Lipinski definition) is 2. The average Bonchev–Trinajstić information content (AvgIpc) is 2.54. The molecular formula is C16H16BrN3O2S. The van der Waals surface area contributed by atoms with Gasteiger partial charge in [-0.25, -0.2) is 0 Å². The molecule has 2 aromatic carbocycles. The van der Waals surface area contributed by atoms with Gasteiger partial charge in [0.2, 0.25) is 0 Å². The molecule has 7 heteroatoms. The van der Waals surface area contributed by atoms with Gasteiger partial charge in [-0.3, -0.25) is 5.43 Å². The van der Waals surface area contributed by atoms with E-state index in [1.54, 1.807) is 13.3 Å². The van der Waals surface area contributed by atoms with E-state index in [1.165, 1.54) is 0 Å². The molecule has 0 radical (unpaired) electrons. The van der Waals surface area contributed by atoms with Crippen LogP contribution in [0.3, 0.4) is 0 Å². The standard InChI is InChI=1S/C16H16BrN3O2S/c1-21-14-7-4-12(9-19-20-16(18)23)8-15(14)22-10-11-2-5-13(17)6-3-11/h2-9H,10H2,1H3,(H3,18,20,23)/b19-9+. The van der Waals surface area contributed by atoms with E-state index in [4.69, 9.17) is 15.2 Å². The highest BCUT2D eigenvalue weighted by molar-refractivity contribution is 9.10. The molecule has 0 spiro atoms. The minimum atomic E-state index is 0.112. The fourth-order valence-corrected chi connectivity index (χ4v) is 2.12. The van der Waals surface area contributed by atoms with Crippen molar-refractivity contribution in [1.29, 1.82) is 0 Å². The molecule has 2 rings (SSSR count). The number of thiocarbonyl (C=S) groups is 1. The Kier molecular flexibility index (Phi) is 6.37. The second-order valence-electron chi connectivity index (χ2n) is 4.56. The Balaban J connectivity index is 2.10. The number of nitrogens with zero attached hydrogens (tertiary/aromatic N) is 1. The van der Waals surface area contributed by atoms with Crippen molar-refractivity contribution in [1.82, 2.24) is 5.43 Å². The quantitative estimate of drug-likeness (QED) is 0.448. The molecule has 0 bridgehead atoms. The van der Waals surface area contributed by atoms with Crippen molar-refractivity contribution in [3.63, 3.8) is 0 Å². The lowest BCUT2D eigenvalue weighted by Crippen LogP contribution is -2.23. The Morgan fingerprint density at radius 1 is 1.26 bits per heavy atom. The first-order valence-corrected chi connectivity index (χ1v) is 7.92. The number of hydrogen-bond acceptors (Lipinski definition) is 4. The second kappa shape index (κ2) is 8.50. The Morgan fingerprint density at radius 3 is 2.65 bits per heavy atom. The number of halogens is 1. The minimum absolute atomic E-state index is 0.112. The first kappa shape index (κ1) is 17.2. The van der Waals surface area contributed by atoms with Gasteiger partial charge in [-0.1, -0.05) is 28.1 Å². The number of nitrogens with two attached hydrogens (primary N) is 1. The molecule has 0 atom stereocenters. The minimum Gasteiger partial charge on any atom is -0.493 e. The molecule has 0 saturated heterocycles. The fourth-order valence-electron chi connectivity index (χ4n) is 1.80. The fraction of sp³-hybridized carbons (Fsp3) is 0.125. The summed E-state index contributed by atoms with van der Waals surface area (Å²) in [6.07, 6.45) is 1.60. The number of nitrogens with one attached hydrogen (secondary N) is 1. The van der Waals surface area contributed by atoms with Gasteiger partial charge in [0.05, 0.1) is 13.3 Å². The van der Waals surface area contributed by atoms with Crippen molar-refractivity contribution in [3.05, 3.63) is 58.1 Å². The van der Waals surface area contributed by atoms with Crippen LogP contribution in [0, 0.1) is 0 Å². The van der Waals surface area contributed by atoms with Crippen LogP contribution in [0.1, 0.15) is 11.1 Å². The van der Waals surface area contributed by atoms with E-state index in [9.17, 15) is 0 Å². The summed E-state index contributed by atoms with van der Waals surface area (Å²) in [4.78, 5) is 0. The Bertz CT molecular complexity index is 705. The van der Waals surface area contributed by atoms with Crippen LogP contribution >= 0.6 is 28.1 Å². The molecule has 0 aliphatic carbocycles. The molecule has 2 aromatic rings. The predicted octanol–water partition coefficient (Wildman–Crippen LogP) is 3.20. The van der Waals surface area contributed by atoms with Gasteiger partial charge in [0.25, 0.3) is 0 Å². The largest absolute Gasteiger partial charge is 0.493 e. The molecular weight excluding hydrogens is 378 g/mol. The Morgan fingerprint density at radius 2 is 2.00 bits per heavy atom. The summed E-state index contributed by atoms with van der Waals surface area (Å²) in [7, 11) is 1.60. The van der Waals surface area contributed by atoms with Crippen LogP contribution in [0.2, 0.25) is 0 Å². The number of methoxy groups -OCH3 is 1. The number of benzene rings is 2. The van der Waals surface area contributed by atoms with Crippen molar-refractivity contribution >= 4 is 39.5 Å². The highest BCUT2D eigenvalue weighted by Crippen LogP contribution is 2.28. The van der Waals surface area contributed by atoms with Gasteiger partial charge < -0.3 is 15.2 Å². The van der Waals surface area contributed by atoms with Gasteiger partial charge in [-0.05, 0) is 53.7 Å². The lowest BCUT2D eigenvalue weighted by Gasteiger charge is -2.11. The summed E-state index contributed by atoms with van der Waals surface area (Å²) in [5.41, 5.74) is 9.71. The second-order valence-corrected chi connectivity index (χ2v) is 5.92. The highest BCUT2D eigenvalue weighted by Gasteiger charge is 2.06. The summed E-state index contributed by atoms with van der Waals surface area (Å²) in [6.45, 7) is 0.440. The maximum absolute atomic E-state index is 5.85. The van der Waals surface area contributed by atoms with Crippen molar-refractivity contribution in [2.75, 3.05) is 7.11 Å². The molecule has 0 fully saturated rings. The van der Waals surface area contributed by atoms with E-state index in [1.807, 2.05) is 42.5 Å². The van der Waals surface area contributed by atoms with Gasteiger partial charge >= 0.3 is 0 Å². The summed E-state index contributed by atoms with van der Waals surface area (Å²) in [5.74, 6) is 1.29. The molecule has 0 heterocycles. The molecule has 0 aliphatic heterocycles. The van der Waals surface area contributed by atoms with Crippen LogP contribution in [-0.2, 0) is 6.61 Å². The van der Waals surface area contributed by atoms with E-state index in [-0.39, 0.29) is 5.11 Å². The zero-order valence-electron chi connectivity index (χ0n) is 12.5. The molecule has 0 saturated carbocycles. The smallest absolute Gasteiger partial charge is 0.184 e. The van der Waals surface area contributed by atoms with Crippen molar-refractivity contribution in [2.24, 2.45) is 10.8 Å². The molecule has 5 nitrogen and oxygen atoms in total. The number of rotatable bonds is 6. The molecule has 23 heavy (non-hydrogen) atoms. The van der Waals surface area contributed by atoms with Crippen molar-refractivity contribution < 1.29 is 9.47 Å². The van der Waals surface area contributed by atoms with E-state index in [0.717, 1.165) is 15.6 Å². The third-order valence-electron chi connectivity index (χ3n) is 2.88. The summed E-state index contributed by atoms with van der Waals surface area (Å²) in [6, 6.07) is 13.4. The van der Waals surface area contributed by atoms with Crippen LogP contribution in [0.15, 0.2) is 52.0 Å². The predicted molar refractivity (Wildman–Crippen MR) is 99.0 cm³/mol. The normalized spacial score (nSPS) is 10.5. The van der Waals surface area contributed by atoms with Gasteiger partial charge in [-0.2, -0.15) is 5.10 Å². The first-order chi connectivity index (χ1) is 11.1. The molecule has 0 amide bonds. The third-order valence-corrected chi connectivity index (χ3v) is 3.50. The molecule has 3 N–H and O–H groups in total. The van der Waals surface area contributed by atoms with Crippen LogP contribution in [0.25, 0.3) is 0 Å². The lowest BCUT2D eigenvalue weighted by molar-refractivity contribution is 0.284. The Labute approximate surface area is 148 Å². The van der Waals surface area contributed by atoms with Gasteiger partial charge in [0.1, 0.15) is 6.61 Å². The first-order valence-electron chi connectivity index (χ1n) is 6.72. The monoisotopic (exact) mass is 393 g/mol. The zero-order valence-corrected chi connectivity index (χ0v) is 14.9. The molecule has 120 valence electrons. The van der Waals surface area contributed by atoms with Gasteiger partial charge in [-0.15, -0.1) is 0 Å². The van der Waals surface area contributed by atoms with Crippen molar-refractivity contribution in [3.8, 4) is 11.5 Å². The molecule has 0 aliphatic rings. The van der Waals surface area contributed by atoms with E-state index in [0.29, 0.717) is 18.1 Å². The highest BCUT2D eigenvalue weighted by atomic mass is 79.9. The van der Waals surface area contributed by atoms with Crippen LogP contribution in [-0.4, -0.2) is 18.4 Å². The average molecular weight is 394 g/mol. The van der Waals surface area contributed by atoms with E-state index >= 15 is 0 Å². The topological polar surface area (TPSA) is 68.9 Å². The van der Waals surface area contributed by atoms with E-state index < -0.39 is 0 Å². The lowest BCUT2D eigenvalue weighted by atomic mass is 10.2. The number of hydrazone groups is 1. The SMILES string of the molecule is COc1ccc(/C=N/NC(N)=S)cc1OCc1ccc(Br)cc1. The molecule has 0 aromatic heterocycles. The summed E-state index contributed by atoms with van der Waals surface area (Å²) < 4.78 is 12.2.